The van der Waals surface area contributed by atoms with E-state index in [4.69, 9.17) is 21.6 Å². The Morgan fingerprint density at radius 2 is 1.66 bits per heavy atom. The van der Waals surface area contributed by atoms with Crippen molar-refractivity contribution in [2.24, 2.45) is 11.5 Å². The van der Waals surface area contributed by atoms with E-state index in [1.54, 1.807) is 30.5 Å². The molecule has 0 aliphatic rings. The fraction of sp³-hybridized carbons (Fsp3) is 0.273. The lowest BCUT2D eigenvalue weighted by Crippen LogP contribution is -2.54. The molecule has 0 unspecified atom stereocenters. The number of amidine groups is 1. The van der Waals surface area contributed by atoms with Gasteiger partial charge in [0.15, 0.2) is 0 Å². The molecular formula is C33H39N7O6S. The Labute approximate surface area is 273 Å². The monoisotopic (exact) mass is 661 g/mol. The van der Waals surface area contributed by atoms with Crippen molar-refractivity contribution in [2.75, 3.05) is 5.75 Å². The van der Waals surface area contributed by atoms with Gasteiger partial charge in [-0.15, -0.1) is 0 Å². The number of fused-ring (bicyclic) bond motifs is 1. The molecule has 248 valence electrons. The first-order chi connectivity index (χ1) is 22.4. The summed E-state index contributed by atoms with van der Waals surface area (Å²) in [5, 5.41) is 13.6. The minimum absolute atomic E-state index is 0.0418. The van der Waals surface area contributed by atoms with Crippen LogP contribution in [0, 0.1) is 5.41 Å². The van der Waals surface area contributed by atoms with Crippen LogP contribution in [0.3, 0.4) is 0 Å². The van der Waals surface area contributed by atoms with E-state index < -0.39 is 39.8 Å². The molecule has 0 spiro atoms. The third-order valence-corrected chi connectivity index (χ3v) is 8.88. The first-order valence-corrected chi connectivity index (χ1v) is 16.7. The lowest BCUT2D eigenvalue weighted by Gasteiger charge is -2.23. The number of carbonyl (C=O) groups excluding carboxylic acids is 3. The van der Waals surface area contributed by atoms with Crippen molar-refractivity contribution in [3.05, 3.63) is 101 Å². The van der Waals surface area contributed by atoms with E-state index in [-0.39, 0.29) is 37.4 Å². The maximum Gasteiger partial charge on any atom is 0.242 e. The molecule has 0 aliphatic carbocycles. The number of rotatable bonds is 17. The number of H-pyrrole nitrogens is 1. The van der Waals surface area contributed by atoms with Gasteiger partial charge in [-0.05, 0) is 54.7 Å². The highest BCUT2D eigenvalue weighted by Gasteiger charge is 2.29. The van der Waals surface area contributed by atoms with E-state index in [1.807, 2.05) is 48.5 Å². The van der Waals surface area contributed by atoms with Gasteiger partial charge in [0.25, 0.3) is 0 Å². The molecule has 3 amide bonds. The predicted octanol–water partition coefficient (Wildman–Crippen LogP) is 1.95. The summed E-state index contributed by atoms with van der Waals surface area (Å²) < 4.78 is 33.7. The molecule has 0 radical (unpaired) electrons. The Hall–Kier alpha value is -5.21. The van der Waals surface area contributed by atoms with Crippen LogP contribution >= 0.6 is 0 Å². The van der Waals surface area contributed by atoms with E-state index in [0.29, 0.717) is 29.0 Å². The number of ether oxygens (including phenoxy) is 1. The van der Waals surface area contributed by atoms with Gasteiger partial charge in [-0.25, -0.2) is 13.1 Å². The fourth-order valence-electron chi connectivity index (χ4n) is 4.81. The normalized spacial score (nSPS) is 12.6. The maximum atomic E-state index is 13.7. The van der Waals surface area contributed by atoms with Crippen molar-refractivity contribution in [3.63, 3.8) is 0 Å². The number of benzene rings is 3. The van der Waals surface area contributed by atoms with E-state index >= 15 is 0 Å². The van der Waals surface area contributed by atoms with Gasteiger partial charge in [-0.2, -0.15) is 0 Å². The summed E-state index contributed by atoms with van der Waals surface area (Å²) in [5.74, 6) is -1.76. The largest absolute Gasteiger partial charge is 0.489 e. The summed E-state index contributed by atoms with van der Waals surface area (Å²) in [6.45, 7) is 1.90. The Balaban J connectivity index is 1.51. The van der Waals surface area contributed by atoms with Crippen molar-refractivity contribution in [1.82, 2.24) is 20.3 Å². The van der Waals surface area contributed by atoms with Gasteiger partial charge in [0.2, 0.25) is 27.7 Å². The van der Waals surface area contributed by atoms with Gasteiger partial charge in [0.05, 0.1) is 5.75 Å². The first-order valence-electron chi connectivity index (χ1n) is 15.0. The molecule has 0 saturated carbocycles. The Morgan fingerprint density at radius 3 is 2.32 bits per heavy atom. The van der Waals surface area contributed by atoms with Gasteiger partial charge in [0.1, 0.15) is 30.3 Å². The minimum atomic E-state index is -3.85. The van der Waals surface area contributed by atoms with Crippen LogP contribution in [0.2, 0.25) is 0 Å². The second kappa shape index (κ2) is 15.9. The molecule has 14 heteroatoms. The molecule has 9 N–H and O–H groups in total. The highest BCUT2D eigenvalue weighted by atomic mass is 32.2. The van der Waals surface area contributed by atoms with Crippen LogP contribution in [0.1, 0.15) is 42.0 Å². The van der Waals surface area contributed by atoms with Crippen LogP contribution in [-0.2, 0) is 44.0 Å². The van der Waals surface area contributed by atoms with Crippen LogP contribution in [-0.4, -0.2) is 54.8 Å². The van der Waals surface area contributed by atoms with Crippen LogP contribution in [0.4, 0.5) is 0 Å². The topological polar surface area (TPSA) is 222 Å². The molecule has 47 heavy (non-hydrogen) atoms. The number of aromatic amines is 1. The van der Waals surface area contributed by atoms with Crippen molar-refractivity contribution < 1.29 is 27.5 Å². The quantitative estimate of drug-likeness (QED) is 0.0657. The Bertz CT molecular complexity index is 1830. The molecule has 0 bridgehead atoms. The zero-order chi connectivity index (χ0) is 34.0. The summed E-state index contributed by atoms with van der Waals surface area (Å²) in [5.41, 5.74) is 14.5. The van der Waals surface area contributed by atoms with Gasteiger partial charge < -0.3 is 31.8 Å². The van der Waals surface area contributed by atoms with Gasteiger partial charge >= 0.3 is 0 Å². The zero-order valence-electron chi connectivity index (χ0n) is 25.9. The molecule has 0 aliphatic heterocycles. The lowest BCUT2D eigenvalue weighted by molar-refractivity contribution is -0.130. The van der Waals surface area contributed by atoms with E-state index in [1.165, 1.54) is 6.92 Å². The highest BCUT2D eigenvalue weighted by molar-refractivity contribution is 7.89. The van der Waals surface area contributed by atoms with Crippen molar-refractivity contribution in [2.45, 2.75) is 51.4 Å². The average molecular weight is 662 g/mol. The number of sulfonamides is 1. The molecular weight excluding hydrogens is 622 g/mol. The third kappa shape index (κ3) is 10.1. The number of nitrogens with two attached hydrogens (primary N) is 2. The van der Waals surface area contributed by atoms with Gasteiger partial charge in [-0.1, -0.05) is 54.6 Å². The summed E-state index contributed by atoms with van der Waals surface area (Å²) in [4.78, 5) is 41.6. The molecule has 3 aromatic carbocycles. The van der Waals surface area contributed by atoms with E-state index in [2.05, 4.69) is 20.3 Å². The van der Waals surface area contributed by atoms with Gasteiger partial charge in [-0.3, -0.25) is 19.8 Å². The SMILES string of the molecule is CCS(=O)(=O)N[C@H](Cc1c[nH]c2ccc(OCc3ccccc3)cc12)C(=O)N[C@@H](CCC(N)=O)C(=O)NCc1ccc(C(=N)N)cc1. The average Bonchev–Trinajstić information content (AvgIpc) is 3.46. The van der Waals surface area contributed by atoms with Gasteiger partial charge in [0, 0.05) is 35.6 Å². The summed E-state index contributed by atoms with van der Waals surface area (Å²) in [6.07, 6.45) is 1.37. The second-order valence-corrected chi connectivity index (χ2v) is 13.0. The maximum absolute atomic E-state index is 13.7. The highest BCUT2D eigenvalue weighted by Crippen LogP contribution is 2.26. The molecule has 4 aromatic rings. The summed E-state index contributed by atoms with van der Waals surface area (Å²) in [6, 6.07) is 19.4. The fourth-order valence-corrected chi connectivity index (χ4v) is 5.60. The summed E-state index contributed by atoms with van der Waals surface area (Å²) in [7, 11) is -3.85. The number of aromatic nitrogens is 1. The number of nitrogens with one attached hydrogen (secondary N) is 5. The molecule has 2 atom stereocenters. The predicted molar refractivity (Wildman–Crippen MR) is 179 cm³/mol. The Morgan fingerprint density at radius 1 is 0.936 bits per heavy atom. The standard InChI is InChI=1S/C33H39N7O6S/c1-2-47(44,45)40-29(16-24-19-37-27-13-12-25(17-26(24)27)46-20-22-6-4-3-5-7-22)33(43)39-28(14-15-30(34)41)32(42)38-18-21-8-10-23(11-9-21)31(35)36/h3-13,17,19,28-29,37,40H,2,14-16,18,20H2,1H3,(H2,34,41)(H3,35,36)(H,38,42)(H,39,43)/t28-,29+/m0/s1. The van der Waals surface area contributed by atoms with Crippen molar-refractivity contribution in [3.8, 4) is 5.75 Å². The Kier molecular flexibility index (Phi) is 11.7. The lowest BCUT2D eigenvalue weighted by atomic mass is 10.0. The first kappa shape index (κ1) is 34.7. The number of hydrogen-bond donors (Lipinski definition) is 7. The summed E-state index contributed by atoms with van der Waals surface area (Å²) >= 11 is 0. The zero-order valence-corrected chi connectivity index (χ0v) is 26.7. The second-order valence-electron chi connectivity index (χ2n) is 11.0. The number of carbonyl (C=O) groups is 3. The number of primary amides is 1. The molecule has 1 aromatic heterocycles. The molecule has 4 rings (SSSR count). The van der Waals surface area contributed by atoms with Crippen molar-refractivity contribution >= 4 is 44.5 Å². The number of amides is 3. The molecule has 13 nitrogen and oxygen atoms in total. The van der Waals surface area contributed by atoms with E-state index in [0.717, 1.165) is 16.5 Å². The molecule has 1 heterocycles. The third-order valence-electron chi connectivity index (χ3n) is 7.47. The number of hydrogen-bond acceptors (Lipinski definition) is 7. The van der Waals surface area contributed by atoms with Crippen LogP contribution < -0.4 is 31.6 Å². The minimum Gasteiger partial charge on any atom is -0.489 e. The van der Waals surface area contributed by atoms with Crippen molar-refractivity contribution in [1.29, 1.82) is 5.41 Å². The molecule has 0 saturated heterocycles. The van der Waals surface area contributed by atoms with Crippen LogP contribution in [0.5, 0.6) is 5.75 Å². The smallest absolute Gasteiger partial charge is 0.242 e. The molecule has 0 fully saturated rings. The number of nitrogen functional groups attached to an aromatic ring is 1. The van der Waals surface area contributed by atoms with E-state index in [9.17, 15) is 22.8 Å². The van der Waals surface area contributed by atoms with Crippen LogP contribution in [0.25, 0.3) is 10.9 Å². The van der Waals surface area contributed by atoms with Crippen LogP contribution in [0.15, 0.2) is 79.0 Å².